The smallest absolute Gasteiger partial charge is 0.235 e. The molecule has 0 saturated carbocycles. The van der Waals surface area contributed by atoms with Gasteiger partial charge >= 0.3 is 0 Å². The van der Waals surface area contributed by atoms with Gasteiger partial charge in [0.05, 0.1) is 6.54 Å². The van der Waals surface area contributed by atoms with Crippen molar-refractivity contribution in [3.05, 3.63) is 42.4 Å². The highest BCUT2D eigenvalue weighted by Crippen LogP contribution is 2.14. The van der Waals surface area contributed by atoms with Gasteiger partial charge in [0.15, 0.2) is 0 Å². The standard InChI is InChI=1S/C13H17N2O2/c1-13(2,11(14)16)12(17)15-9-8-10-6-4-3-5-7-10/h3-7,9H,8H2,1-2H3,(H2,14,16)(H,15,17). The SMILES string of the molecule is CC(C)(C(N)=O)C(=O)N[CH]Cc1ccccc1. The minimum absolute atomic E-state index is 0.388. The van der Waals surface area contributed by atoms with Crippen molar-refractivity contribution in [3.63, 3.8) is 0 Å². The average molecular weight is 233 g/mol. The average Bonchev–Trinajstić information content (AvgIpc) is 2.30. The largest absolute Gasteiger partial charge is 0.369 e. The van der Waals surface area contributed by atoms with Crippen molar-refractivity contribution in [2.24, 2.45) is 11.1 Å². The van der Waals surface area contributed by atoms with Gasteiger partial charge in [-0.15, -0.1) is 0 Å². The van der Waals surface area contributed by atoms with Crippen LogP contribution in [0, 0.1) is 12.0 Å². The highest BCUT2D eigenvalue weighted by Gasteiger charge is 2.33. The second kappa shape index (κ2) is 5.48. The Hall–Kier alpha value is -1.84. The van der Waals surface area contributed by atoms with Gasteiger partial charge in [-0.25, -0.2) is 0 Å². The number of nitrogens with two attached hydrogens (primary N) is 1. The van der Waals surface area contributed by atoms with E-state index in [2.05, 4.69) is 5.32 Å². The van der Waals surface area contributed by atoms with E-state index < -0.39 is 11.3 Å². The fourth-order valence-corrected chi connectivity index (χ4v) is 1.17. The molecule has 91 valence electrons. The molecule has 0 unspecified atom stereocenters. The van der Waals surface area contributed by atoms with E-state index in [1.807, 2.05) is 30.3 Å². The number of amides is 2. The Morgan fingerprint density at radius 1 is 1.29 bits per heavy atom. The Kier molecular flexibility index (Phi) is 4.26. The molecule has 1 rings (SSSR count). The first-order valence-electron chi connectivity index (χ1n) is 5.41. The number of carbonyl (C=O) groups excluding carboxylic acids is 2. The lowest BCUT2D eigenvalue weighted by Crippen LogP contribution is -2.45. The van der Waals surface area contributed by atoms with Crippen LogP contribution in [-0.4, -0.2) is 11.8 Å². The molecule has 0 bridgehead atoms. The van der Waals surface area contributed by atoms with Gasteiger partial charge in [0.1, 0.15) is 5.41 Å². The lowest BCUT2D eigenvalue weighted by molar-refractivity contribution is -0.139. The van der Waals surface area contributed by atoms with Gasteiger partial charge in [-0.3, -0.25) is 9.59 Å². The summed E-state index contributed by atoms with van der Waals surface area (Å²) in [7, 11) is 0. The van der Waals surface area contributed by atoms with E-state index in [0.717, 1.165) is 5.56 Å². The zero-order chi connectivity index (χ0) is 12.9. The Bertz CT molecular complexity index is 399. The second-order valence-electron chi connectivity index (χ2n) is 4.36. The molecule has 0 aliphatic heterocycles. The van der Waals surface area contributed by atoms with Gasteiger partial charge in [0, 0.05) is 0 Å². The summed E-state index contributed by atoms with van der Waals surface area (Å²) in [6, 6.07) is 9.71. The highest BCUT2D eigenvalue weighted by atomic mass is 16.2. The summed E-state index contributed by atoms with van der Waals surface area (Å²) < 4.78 is 0. The first-order valence-corrected chi connectivity index (χ1v) is 5.41. The molecule has 1 aromatic rings. The van der Waals surface area contributed by atoms with Crippen molar-refractivity contribution in [1.82, 2.24) is 5.32 Å². The van der Waals surface area contributed by atoms with Crippen LogP contribution < -0.4 is 11.1 Å². The minimum atomic E-state index is -1.19. The van der Waals surface area contributed by atoms with Gasteiger partial charge in [0.2, 0.25) is 11.8 Å². The van der Waals surface area contributed by atoms with Crippen LogP contribution in [0.15, 0.2) is 30.3 Å². The monoisotopic (exact) mass is 233 g/mol. The number of hydrogen-bond donors (Lipinski definition) is 2. The number of rotatable bonds is 5. The molecule has 0 aliphatic rings. The highest BCUT2D eigenvalue weighted by molar-refractivity contribution is 6.03. The molecule has 0 atom stereocenters. The quantitative estimate of drug-likeness (QED) is 0.745. The molecule has 1 radical (unpaired) electrons. The van der Waals surface area contributed by atoms with Crippen LogP contribution in [0.3, 0.4) is 0 Å². The van der Waals surface area contributed by atoms with E-state index >= 15 is 0 Å². The second-order valence-corrected chi connectivity index (χ2v) is 4.36. The normalized spacial score (nSPS) is 10.9. The third-order valence-corrected chi connectivity index (χ3v) is 2.60. The van der Waals surface area contributed by atoms with Gasteiger partial charge in [0.25, 0.3) is 0 Å². The van der Waals surface area contributed by atoms with E-state index in [0.29, 0.717) is 6.42 Å². The molecule has 17 heavy (non-hydrogen) atoms. The fourth-order valence-electron chi connectivity index (χ4n) is 1.17. The number of nitrogens with one attached hydrogen (secondary N) is 1. The lowest BCUT2D eigenvalue weighted by Gasteiger charge is -2.19. The molecule has 0 aromatic heterocycles. The summed E-state index contributed by atoms with van der Waals surface area (Å²) in [4.78, 5) is 22.7. The van der Waals surface area contributed by atoms with E-state index in [9.17, 15) is 9.59 Å². The van der Waals surface area contributed by atoms with Crippen molar-refractivity contribution < 1.29 is 9.59 Å². The van der Waals surface area contributed by atoms with Crippen molar-refractivity contribution in [3.8, 4) is 0 Å². The van der Waals surface area contributed by atoms with Crippen LogP contribution in [0.1, 0.15) is 19.4 Å². The predicted octanol–water partition coefficient (Wildman–Crippen LogP) is 1.02. The maximum absolute atomic E-state index is 11.7. The molecular weight excluding hydrogens is 216 g/mol. The van der Waals surface area contributed by atoms with E-state index in [-0.39, 0.29) is 5.91 Å². The minimum Gasteiger partial charge on any atom is -0.369 e. The molecule has 4 heteroatoms. The predicted molar refractivity (Wildman–Crippen MR) is 65.6 cm³/mol. The third kappa shape index (κ3) is 3.59. The molecular formula is C13H17N2O2. The van der Waals surface area contributed by atoms with Gasteiger partial charge in [-0.05, 0) is 25.8 Å². The summed E-state index contributed by atoms with van der Waals surface area (Å²) in [5.41, 5.74) is 5.04. The molecule has 0 saturated heterocycles. The summed E-state index contributed by atoms with van der Waals surface area (Å²) in [5, 5.41) is 2.59. The summed E-state index contributed by atoms with van der Waals surface area (Å²) in [6.45, 7) is 4.63. The first-order chi connectivity index (χ1) is 7.94. The van der Waals surface area contributed by atoms with Crippen LogP contribution in [0.5, 0.6) is 0 Å². The summed E-state index contributed by atoms with van der Waals surface area (Å²) in [6.07, 6.45) is 0.613. The Labute approximate surface area is 101 Å². The van der Waals surface area contributed by atoms with Crippen molar-refractivity contribution in [2.75, 3.05) is 0 Å². The first kappa shape index (κ1) is 13.2. The van der Waals surface area contributed by atoms with Crippen LogP contribution >= 0.6 is 0 Å². The van der Waals surface area contributed by atoms with Crippen molar-refractivity contribution in [1.29, 1.82) is 0 Å². The third-order valence-electron chi connectivity index (χ3n) is 2.60. The van der Waals surface area contributed by atoms with Gasteiger partial charge in [-0.2, -0.15) is 0 Å². The topological polar surface area (TPSA) is 72.2 Å². The zero-order valence-electron chi connectivity index (χ0n) is 10.1. The summed E-state index contributed by atoms with van der Waals surface area (Å²) in [5.74, 6) is -1.02. The number of primary amides is 1. The number of hydrogen-bond acceptors (Lipinski definition) is 2. The van der Waals surface area contributed by atoms with Crippen LogP contribution in [0.4, 0.5) is 0 Å². The molecule has 0 spiro atoms. The van der Waals surface area contributed by atoms with Gasteiger partial charge in [-0.1, -0.05) is 30.3 Å². The molecule has 0 heterocycles. The molecule has 1 aromatic carbocycles. The molecule has 3 N–H and O–H groups in total. The molecule has 0 aliphatic carbocycles. The maximum Gasteiger partial charge on any atom is 0.235 e. The van der Waals surface area contributed by atoms with Crippen molar-refractivity contribution >= 4 is 11.8 Å². The molecule has 2 amide bonds. The van der Waals surface area contributed by atoms with E-state index in [1.54, 1.807) is 6.54 Å². The van der Waals surface area contributed by atoms with Crippen LogP contribution in [0.2, 0.25) is 0 Å². The molecule has 4 nitrogen and oxygen atoms in total. The molecule has 0 fully saturated rings. The zero-order valence-corrected chi connectivity index (χ0v) is 10.1. The number of carbonyl (C=O) groups is 2. The lowest BCUT2D eigenvalue weighted by atomic mass is 9.91. The van der Waals surface area contributed by atoms with Crippen molar-refractivity contribution in [2.45, 2.75) is 20.3 Å². The van der Waals surface area contributed by atoms with Crippen LogP contribution in [0.25, 0.3) is 0 Å². The summed E-state index contributed by atoms with van der Waals surface area (Å²) >= 11 is 0. The fraction of sp³-hybridized carbons (Fsp3) is 0.308. The Morgan fingerprint density at radius 3 is 2.41 bits per heavy atom. The number of benzene rings is 1. The van der Waals surface area contributed by atoms with Gasteiger partial charge < -0.3 is 11.1 Å². The maximum atomic E-state index is 11.7. The Morgan fingerprint density at radius 2 is 1.88 bits per heavy atom. The van der Waals surface area contributed by atoms with E-state index in [4.69, 9.17) is 5.73 Å². The van der Waals surface area contributed by atoms with Crippen LogP contribution in [-0.2, 0) is 16.0 Å². The Balaban J connectivity index is 2.42. The van der Waals surface area contributed by atoms with E-state index in [1.165, 1.54) is 13.8 Å².